The summed E-state index contributed by atoms with van der Waals surface area (Å²) in [6.45, 7) is 1.93. The van der Waals surface area contributed by atoms with E-state index in [-0.39, 0.29) is 0 Å². The van der Waals surface area contributed by atoms with Gasteiger partial charge in [-0.05, 0) is 6.92 Å². The lowest BCUT2D eigenvalue weighted by molar-refractivity contribution is 1.05. The van der Waals surface area contributed by atoms with Crippen LogP contribution in [0.5, 0.6) is 0 Å². The topological polar surface area (TPSA) is 54.7 Å². The quantitative estimate of drug-likeness (QED) is 0.508. The molecule has 0 atom stereocenters. The van der Waals surface area contributed by atoms with E-state index < -0.39 is 0 Å². The van der Waals surface area contributed by atoms with Crippen molar-refractivity contribution in [3.05, 3.63) is 11.3 Å². The van der Waals surface area contributed by atoms with Crippen molar-refractivity contribution in [3.8, 4) is 0 Å². The Morgan fingerprint density at radius 1 is 1.78 bits per heavy atom. The molecule has 0 amide bonds. The van der Waals surface area contributed by atoms with Crippen LogP contribution in [0.15, 0.2) is 0 Å². The van der Waals surface area contributed by atoms with Crippen molar-refractivity contribution in [2.24, 2.45) is 0 Å². The molecule has 1 aromatic heterocycles. The molecule has 0 bridgehead atoms. The summed E-state index contributed by atoms with van der Waals surface area (Å²) in [5, 5.41) is 6.55. The summed E-state index contributed by atoms with van der Waals surface area (Å²) < 4.78 is 0. The summed E-state index contributed by atoms with van der Waals surface area (Å²) >= 11 is 4.08. The average Bonchev–Trinajstić information content (AvgIpc) is 2.12. The van der Waals surface area contributed by atoms with Crippen molar-refractivity contribution in [1.82, 2.24) is 10.2 Å². The van der Waals surface area contributed by atoms with Crippen LogP contribution in [-0.2, 0) is 5.75 Å². The molecule has 0 saturated heterocycles. The normalized spacial score (nSPS) is 10.0. The van der Waals surface area contributed by atoms with Crippen molar-refractivity contribution in [2.75, 3.05) is 5.73 Å². The van der Waals surface area contributed by atoms with E-state index >= 15 is 0 Å². The molecule has 0 spiro atoms. The van der Waals surface area contributed by atoms with Gasteiger partial charge in [-0.2, -0.15) is 17.7 Å². The number of H-pyrrole nitrogens is 1. The van der Waals surface area contributed by atoms with Gasteiger partial charge in [0.2, 0.25) is 0 Å². The fourth-order valence-electron chi connectivity index (χ4n) is 0.671. The minimum absolute atomic E-state index is 0.558. The predicted molar refractivity (Wildman–Crippen MR) is 40.4 cm³/mol. The third kappa shape index (κ3) is 1.03. The van der Waals surface area contributed by atoms with Gasteiger partial charge in [0.15, 0.2) is 0 Å². The highest BCUT2D eigenvalue weighted by Crippen LogP contribution is 2.13. The molecule has 4 heteroatoms. The molecule has 0 radical (unpaired) electrons. The van der Waals surface area contributed by atoms with Crippen LogP contribution in [0.25, 0.3) is 0 Å². The Morgan fingerprint density at radius 3 is 2.67 bits per heavy atom. The predicted octanol–water partition coefficient (Wildman–Crippen LogP) is 0.730. The molecule has 3 N–H and O–H groups in total. The van der Waals surface area contributed by atoms with E-state index in [1.54, 1.807) is 0 Å². The number of hydrogen-bond donors (Lipinski definition) is 3. The van der Waals surface area contributed by atoms with E-state index in [1.807, 2.05) is 6.92 Å². The van der Waals surface area contributed by atoms with Gasteiger partial charge in [0.05, 0.1) is 0 Å². The summed E-state index contributed by atoms with van der Waals surface area (Å²) in [7, 11) is 0. The molecule has 0 saturated carbocycles. The number of rotatable bonds is 1. The molecule has 0 aliphatic rings. The second kappa shape index (κ2) is 2.31. The first kappa shape index (κ1) is 6.48. The molecular formula is C5H9N3S. The lowest BCUT2D eigenvalue weighted by Crippen LogP contribution is -1.88. The molecule has 0 unspecified atom stereocenters. The molecular weight excluding hydrogens is 134 g/mol. The number of aryl methyl sites for hydroxylation is 1. The standard InChI is InChI=1S/C5H9N3S/c1-3-4(2-9)5(6)8-7-3/h9H,2H2,1H3,(H3,6,7,8). The van der Waals surface area contributed by atoms with E-state index in [1.165, 1.54) is 0 Å². The molecule has 0 fully saturated rings. The van der Waals surface area contributed by atoms with E-state index in [4.69, 9.17) is 5.73 Å². The van der Waals surface area contributed by atoms with Gasteiger partial charge < -0.3 is 5.73 Å². The van der Waals surface area contributed by atoms with Gasteiger partial charge in [0.1, 0.15) is 5.82 Å². The molecule has 3 nitrogen and oxygen atoms in total. The van der Waals surface area contributed by atoms with Crippen LogP contribution in [-0.4, -0.2) is 10.2 Å². The molecule has 0 aromatic carbocycles. The molecule has 0 aliphatic heterocycles. The van der Waals surface area contributed by atoms with E-state index in [9.17, 15) is 0 Å². The summed E-state index contributed by atoms with van der Waals surface area (Å²) in [5.74, 6) is 1.20. The van der Waals surface area contributed by atoms with Crippen LogP contribution >= 0.6 is 12.6 Å². The van der Waals surface area contributed by atoms with Gasteiger partial charge in [0, 0.05) is 17.0 Å². The monoisotopic (exact) mass is 143 g/mol. The van der Waals surface area contributed by atoms with Crippen LogP contribution in [0.3, 0.4) is 0 Å². The minimum Gasteiger partial charge on any atom is -0.382 e. The fourth-order valence-corrected chi connectivity index (χ4v) is 1.07. The Morgan fingerprint density at radius 2 is 2.44 bits per heavy atom. The fraction of sp³-hybridized carbons (Fsp3) is 0.400. The molecule has 9 heavy (non-hydrogen) atoms. The van der Waals surface area contributed by atoms with Crippen molar-refractivity contribution >= 4 is 18.4 Å². The first-order valence-corrected chi connectivity index (χ1v) is 3.29. The Bertz CT molecular complexity index is 186. The van der Waals surface area contributed by atoms with E-state index in [2.05, 4.69) is 22.8 Å². The minimum atomic E-state index is 0.558. The zero-order valence-corrected chi connectivity index (χ0v) is 6.07. The zero-order valence-electron chi connectivity index (χ0n) is 5.18. The molecule has 1 rings (SSSR count). The van der Waals surface area contributed by atoms with Crippen molar-refractivity contribution < 1.29 is 0 Å². The van der Waals surface area contributed by atoms with Crippen LogP contribution in [0, 0.1) is 6.92 Å². The Balaban J connectivity index is 3.07. The number of nitrogen functional groups attached to an aromatic ring is 1. The van der Waals surface area contributed by atoms with E-state index in [0.717, 1.165) is 11.3 Å². The number of nitrogens with zero attached hydrogens (tertiary/aromatic N) is 1. The van der Waals surface area contributed by atoms with Gasteiger partial charge in [-0.15, -0.1) is 0 Å². The first-order valence-electron chi connectivity index (χ1n) is 2.66. The lowest BCUT2D eigenvalue weighted by Gasteiger charge is -1.90. The highest BCUT2D eigenvalue weighted by atomic mass is 32.1. The lowest BCUT2D eigenvalue weighted by atomic mass is 10.3. The molecule has 50 valence electrons. The van der Waals surface area contributed by atoms with Crippen LogP contribution in [0.4, 0.5) is 5.82 Å². The van der Waals surface area contributed by atoms with Gasteiger partial charge in [-0.3, -0.25) is 5.10 Å². The smallest absolute Gasteiger partial charge is 0.149 e. The Hall–Kier alpha value is -0.640. The maximum atomic E-state index is 5.46. The van der Waals surface area contributed by atoms with Gasteiger partial charge in [-0.25, -0.2) is 0 Å². The highest BCUT2D eigenvalue weighted by Gasteiger charge is 2.02. The van der Waals surface area contributed by atoms with Gasteiger partial charge >= 0.3 is 0 Å². The number of nitrogens with one attached hydrogen (secondary N) is 1. The third-order valence-corrected chi connectivity index (χ3v) is 1.58. The van der Waals surface area contributed by atoms with Crippen molar-refractivity contribution in [1.29, 1.82) is 0 Å². The van der Waals surface area contributed by atoms with Crippen LogP contribution < -0.4 is 5.73 Å². The first-order chi connectivity index (χ1) is 4.25. The average molecular weight is 143 g/mol. The maximum absolute atomic E-state index is 5.46. The van der Waals surface area contributed by atoms with Gasteiger partial charge in [0.25, 0.3) is 0 Å². The summed E-state index contributed by atoms with van der Waals surface area (Å²) in [6.07, 6.45) is 0. The molecule has 0 aliphatic carbocycles. The number of nitrogens with two attached hydrogens (primary N) is 1. The van der Waals surface area contributed by atoms with E-state index in [0.29, 0.717) is 11.6 Å². The largest absolute Gasteiger partial charge is 0.382 e. The number of aromatic amines is 1. The molecule has 1 aromatic rings. The molecule has 1 heterocycles. The second-order valence-electron chi connectivity index (χ2n) is 1.87. The number of hydrogen-bond acceptors (Lipinski definition) is 3. The maximum Gasteiger partial charge on any atom is 0.149 e. The summed E-state index contributed by atoms with van der Waals surface area (Å²) in [5.41, 5.74) is 7.46. The zero-order chi connectivity index (χ0) is 6.85. The number of thiol groups is 1. The summed E-state index contributed by atoms with van der Waals surface area (Å²) in [4.78, 5) is 0. The Kier molecular flexibility index (Phi) is 1.66. The van der Waals surface area contributed by atoms with Gasteiger partial charge in [-0.1, -0.05) is 0 Å². The highest BCUT2D eigenvalue weighted by molar-refractivity contribution is 7.79. The Labute approximate surface area is 59.1 Å². The second-order valence-corrected chi connectivity index (χ2v) is 2.19. The van der Waals surface area contributed by atoms with Crippen molar-refractivity contribution in [3.63, 3.8) is 0 Å². The third-order valence-electron chi connectivity index (χ3n) is 1.26. The van der Waals surface area contributed by atoms with Crippen molar-refractivity contribution in [2.45, 2.75) is 12.7 Å². The SMILES string of the molecule is Cc1[nH]nc(N)c1CS. The van der Waals surface area contributed by atoms with Crippen LogP contribution in [0.2, 0.25) is 0 Å². The number of aromatic nitrogens is 2. The number of anilines is 1. The summed E-state index contributed by atoms with van der Waals surface area (Å²) in [6, 6.07) is 0. The van der Waals surface area contributed by atoms with Crippen LogP contribution in [0.1, 0.15) is 11.3 Å².